The first-order chi connectivity index (χ1) is 15.8. The summed E-state index contributed by atoms with van der Waals surface area (Å²) in [7, 11) is 3.87. The Morgan fingerprint density at radius 2 is 2.03 bits per heavy atom. The fraction of sp³-hybridized carbons (Fsp3) is 0.625. The van der Waals surface area contributed by atoms with Crippen LogP contribution in [0, 0.1) is 5.41 Å². The van der Waals surface area contributed by atoms with E-state index in [4.69, 9.17) is 16.3 Å². The maximum Gasteiger partial charge on any atom is 0.320 e. The minimum Gasteiger partial charge on any atom is -0.383 e. The third-order valence-corrected chi connectivity index (χ3v) is 7.16. The Morgan fingerprint density at radius 3 is 2.76 bits per heavy atom. The molecule has 8 nitrogen and oxygen atoms in total. The molecule has 2 aromatic rings. The molecule has 0 saturated heterocycles. The zero-order valence-corrected chi connectivity index (χ0v) is 20.8. The van der Waals surface area contributed by atoms with Gasteiger partial charge in [-0.2, -0.15) is 5.10 Å². The van der Waals surface area contributed by atoms with Crippen LogP contribution in [0.5, 0.6) is 0 Å². The second-order valence-electron chi connectivity index (χ2n) is 10.1. The Hall–Kier alpha value is -2.16. The molecule has 0 aromatic carbocycles. The summed E-state index contributed by atoms with van der Waals surface area (Å²) in [5, 5.41) is 11.1. The number of anilines is 1. The zero-order valence-electron chi connectivity index (χ0n) is 20.0. The van der Waals surface area contributed by atoms with Gasteiger partial charge in [-0.05, 0) is 50.6 Å². The van der Waals surface area contributed by atoms with Gasteiger partial charge in [0.1, 0.15) is 5.82 Å². The van der Waals surface area contributed by atoms with Crippen LogP contribution in [0.25, 0.3) is 11.1 Å². The Kier molecular flexibility index (Phi) is 7.26. The van der Waals surface area contributed by atoms with E-state index < -0.39 is 0 Å². The second-order valence-corrected chi connectivity index (χ2v) is 10.5. The number of amides is 2. The lowest BCUT2D eigenvalue weighted by molar-refractivity contribution is 0.118. The Morgan fingerprint density at radius 1 is 1.27 bits per heavy atom. The van der Waals surface area contributed by atoms with Crippen LogP contribution < -0.4 is 10.6 Å². The van der Waals surface area contributed by atoms with E-state index in [9.17, 15) is 4.79 Å². The molecule has 1 aliphatic carbocycles. The van der Waals surface area contributed by atoms with E-state index >= 15 is 0 Å². The number of fused-ring (bicyclic) bond motifs is 1. The molecule has 2 aliphatic rings. The first kappa shape index (κ1) is 24.0. The lowest BCUT2D eigenvalue weighted by Gasteiger charge is -2.34. The summed E-state index contributed by atoms with van der Waals surface area (Å²) >= 11 is 6.48. The van der Waals surface area contributed by atoms with Crippen molar-refractivity contribution in [1.82, 2.24) is 25.0 Å². The molecule has 2 N–H and O–H groups in total. The normalized spacial score (nSPS) is 21.8. The maximum atomic E-state index is 12.7. The molecule has 0 atom stereocenters. The summed E-state index contributed by atoms with van der Waals surface area (Å²) in [5.41, 5.74) is 3.21. The van der Waals surface area contributed by atoms with Crippen molar-refractivity contribution in [3.05, 3.63) is 29.2 Å². The van der Waals surface area contributed by atoms with Gasteiger partial charge in [0.25, 0.3) is 0 Å². The topological polar surface area (TPSA) is 84.3 Å². The number of methoxy groups -OCH3 is 1. The number of nitrogens with zero attached hydrogens (tertiary/aromatic N) is 4. The number of carbonyl (C=O) groups excluding carboxylic acids is 1. The number of hydrogen-bond acceptors (Lipinski definition) is 5. The number of urea groups is 1. The Labute approximate surface area is 201 Å². The van der Waals surface area contributed by atoms with Crippen molar-refractivity contribution in [1.29, 1.82) is 0 Å². The number of pyridine rings is 1. The molecular weight excluding hydrogens is 440 g/mol. The predicted octanol–water partition coefficient (Wildman–Crippen LogP) is 4.19. The minimum atomic E-state index is -0.228. The number of nitrogens with one attached hydrogen (secondary N) is 2. The lowest BCUT2D eigenvalue weighted by atomic mass is 9.89. The van der Waals surface area contributed by atoms with Crippen LogP contribution in [0.1, 0.15) is 45.2 Å². The Bertz CT molecular complexity index is 983. The van der Waals surface area contributed by atoms with Gasteiger partial charge < -0.3 is 15.0 Å². The highest BCUT2D eigenvalue weighted by atomic mass is 35.5. The van der Waals surface area contributed by atoms with E-state index in [2.05, 4.69) is 51.2 Å². The van der Waals surface area contributed by atoms with Crippen molar-refractivity contribution < 1.29 is 9.53 Å². The van der Waals surface area contributed by atoms with Crippen LogP contribution in [-0.4, -0.2) is 65.1 Å². The molecule has 3 heterocycles. The van der Waals surface area contributed by atoms with Gasteiger partial charge in [-0.1, -0.05) is 25.4 Å². The second kappa shape index (κ2) is 9.99. The van der Waals surface area contributed by atoms with Crippen molar-refractivity contribution in [3.63, 3.8) is 0 Å². The highest BCUT2D eigenvalue weighted by molar-refractivity contribution is 6.33. The van der Waals surface area contributed by atoms with Crippen LogP contribution in [-0.2, 0) is 17.7 Å². The van der Waals surface area contributed by atoms with E-state index in [1.807, 2.05) is 12.3 Å². The standard InChI is InChI=1S/C24H35ClN6O2/c1-24(2)12-21-19(13-27-31(21)15-24)18-11-22(26-14-20(18)25)29-23(32)28-16-5-7-17(8-6-16)30(3)9-10-33-4/h11,13-14,16-17H,5-10,12,15H2,1-4H3,(H2,26,28,29,32). The summed E-state index contributed by atoms with van der Waals surface area (Å²) in [6, 6.07) is 2.33. The van der Waals surface area contributed by atoms with E-state index in [-0.39, 0.29) is 17.5 Å². The van der Waals surface area contributed by atoms with Gasteiger partial charge in [0, 0.05) is 55.3 Å². The molecular formula is C24H35ClN6O2. The molecule has 0 bridgehead atoms. The quantitative estimate of drug-likeness (QED) is 0.628. The third kappa shape index (κ3) is 5.67. The van der Waals surface area contributed by atoms with Crippen LogP contribution in [0.3, 0.4) is 0 Å². The van der Waals surface area contributed by atoms with E-state index in [1.165, 1.54) is 5.69 Å². The maximum absolute atomic E-state index is 12.7. The summed E-state index contributed by atoms with van der Waals surface area (Å²) < 4.78 is 7.23. The molecule has 2 aromatic heterocycles. The van der Waals surface area contributed by atoms with Crippen LogP contribution >= 0.6 is 11.6 Å². The Balaban J connectivity index is 1.35. The van der Waals surface area contributed by atoms with Crippen molar-refractivity contribution in [3.8, 4) is 11.1 Å². The fourth-order valence-electron chi connectivity index (χ4n) is 5.00. The molecule has 0 radical (unpaired) electrons. The van der Waals surface area contributed by atoms with Crippen molar-refractivity contribution in [2.45, 2.75) is 64.6 Å². The van der Waals surface area contributed by atoms with Gasteiger partial charge in [-0.15, -0.1) is 0 Å². The molecule has 180 valence electrons. The smallest absolute Gasteiger partial charge is 0.320 e. The van der Waals surface area contributed by atoms with Crippen molar-refractivity contribution >= 4 is 23.4 Å². The van der Waals surface area contributed by atoms with E-state index in [0.29, 0.717) is 16.9 Å². The number of rotatable bonds is 7. The van der Waals surface area contributed by atoms with Crippen LogP contribution in [0.4, 0.5) is 10.6 Å². The van der Waals surface area contributed by atoms with Crippen molar-refractivity contribution in [2.24, 2.45) is 5.41 Å². The highest BCUT2D eigenvalue weighted by Gasteiger charge is 2.32. The summed E-state index contributed by atoms with van der Waals surface area (Å²) in [6.07, 6.45) is 8.46. The summed E-state index contributed by atoms with van der Waals surface area (Å²) in [6.45, 7) is 7.04. The molecule has 0 unspecified atom stereocenters. The molecule has 1 fully saturated rings. The average molecular weight is 475 g/mol. The summed E-state index contributed by atoms with van der Waals surface area (Å²) in [5.74, 6) is 0.483. The van der Waals surface area contributed by atoms with E-state index in [1.54, 1.807) is 13.3 Å². The molecule has 1 aliphatic heterocycles. The molecule has 33 heavy (non-hydrogen) atoms. The highest BCUT2D eigenvalue weighted by Crippen LogP contribution is 2.39. The fourth-order valence-corrected chi connectivity index (χ4v) is 5.21. The molecule has 9 heteroatoms. The first-order valence-corrected chi connectivity index (χ1v) is 12.1. The summed E-state index contributed by atoms with van der Waals surface area (Å²) in [4.78, 5) is 19.3. The number of halogens is 1. The molecule has 1 saturated carbocycles. The van der Waals surface area contributed by atoms with Crippen LogP contribution in [0.2, 0.25) is 5.02 Å². The van der Waals surface area contributed by atoms with Gasteiger partial charge >= 0.3 is 6.03 Å². The third-order valence-electron chi connectivity index (χ3n) is 6.86. The van der Waals surface area contributed by atoms with Gasteiger partial charge in [0.2, 0.25) is 0 Å². The number of aromatic nitrogens is 3. The number of carbonyl (C=O) groups is 1. The number of likely N-dealkylation sites (N-methyl/N-ethyl adjacent to an activating group) is 1. The van der Waals surface area contributed by atoms with Crippen molar-refractivity contribution in [2.75, 3.05) is 32.6 Å². The molecule has 0 spiro atoms. The monoisotopic (exact) mass is 474 g/mol. The minimum absolute atomic E-state index is 0.171. The number of hydrogen-bond donors (Lipinski definition) is 2. The average Bonchev–Trinajstić information content (AvgIpc) is 3.28. The number of ether oxygens (including phenoxy) is 1. The predicted molar refractivity (Wildman–Crippen MR) is 131 cm³/mol. The SMILES string of the molecule is COCCN(C)C1CCC(NC(=O)Nc2cc(-c3cnn4c3CC(C)(C)C4)c(Cl)cn2)CC1. The molecule has 4 rings (SSSR count). The largest absolute Gasteiger partial charge is 0.383 e. The zero-order chi connectivity index (χ0) is 23.6. The van der Waals surface area contributed by atoms with Gasteiger partial charge in [0.15, 0.2) is 0 Å². The molecule has 2 amide bonds. The van der Waals surface area contributed by atoms with Crippen LogP contribution in [0.15, 0.2) is 18.5 Å². The van der Waals surface area contributed by atoms with Gasteiger partial charge in [0.05, 0.1) is 17.8 Å². The van der Waals surface area contributed by atoms with Gasteiger partial charge in [-0.25, -0.2) is 9.78 Å². The van der Waals surface area contributed by atoms with E-state index in [0.717, 1.165) is 62.9 Å². The lowest BCUT2D eigenvalue weighted by Crippen LogP contribution is -2.44. The first-order valence-electron chi connectivity index (χ1n) is 11.7. The van der Waals surface area contributed by atoms with Gasteiger partial charge in [-0.3, -0.25) is 10.00 Å².